The first kappa shape index (κ1) is 55.1. The van der Waals surface area contributed by atoms with E-state index in [0.29, 0.717) is 139 Å². The van der Waals surface area contributed by atoms with Crippen LogP contribution < -0.4 is 0 Å². The van der Waals surface area contributed by atoms with E-state index in [1.165, 1.54) is 22.7 Å². The molecule has 2 unspecified atom stereocenters. The number of carbonyl (C=O) groups is 2. The van der Waals surface area contributed by atoms with Crippen molar-refractivity contribution < 1.29 is 48.2 Å². The third-order valence-electron chi connectivity index (χ3n) is 12.3. The van der Waals surface area contributed by atoms with Gasteiger partial charge in [-0.3, -0.25) is 9.59 Å². The van der Waals surface area contributed by atoms with E-state index in [4.69, 9.17) is 38.6 Å². The van der Waals surface area contributed by atoms with Crippen LogP contribution in [0.1, 0.15) is 88.8 Å². The third kappa shape index (κ3) is 15.4. The second-order valence-corrected chi connectivity index (χ2v) is 19.5. The Labute approximate surface area is 420 Å². The van der Waals surface area contributed by atoms with Crippen LogP contribution in [0.3, 0.4) is 0 Å². The molecule has 2 N–H and O–H groups in total. The first-order valence-corrected chi connectivity index (χ1v) is 26.8. The summed E-state index contributed by atoms with van der Waals surface area (Å²) in [7, 11) is 0. The Morgan fingerprint density at radius 2 is 0.871 bits per heavy atom. The molecule has 70 heavy (non-hydrogen) atoms. The molecule has 2 atom stereocenters. The van der Waals surface area contributed by atoms with Crippen molar-refractivity contribution in [1.29, 1.82) is 0 Å². The van der Waals surface area contributed by atoms with E-state index in [0.717, 1.165) is 70.9 Å². The minimum Gasteiger partial charge on any atom is -0.394 e. The van der Waals surface area contributed by atoms with Crippen molar-refractivity contribution in [2.75, 3.05) is 106 Å². The van der Waals surface area contributed by atoms with Crippen LogP contribution in [-0.2, 0) is 51.1 Å². The van der Waals surface area contributed by atoms with Gasteiger partial charge < -0.3 is 48.4 Å². The van der Waals surface area contributed by atoms with Crippen molar-refractivity contribution in [2.45, 2.75) is 92.2 Å². The highest BCUT2D eigenvalue weighted by atomic mass is 32.1. The highest BCUT2D eigenvalue weighted by Gasteiger charge is 2.50. The number of hydrogen-bond donors (Lipinski definition) is 2. The zero-order valence-electron chi connectivity index (χ0n) is 41.6. The Balaban J connectivity index is 1.24. The number of aromatic nitrogens is 6. The second kappa shape index (κ2) is 30.0. The summed E-state index contributed by atoms with van der Waals surface area (Å²) in [5, 5.41) is 35.4. The zero-order valence-corrected chi connectivity index (χ0v) is 43.2. The number of aliphatic hydroxyl groups excluding tert-OH is 2. The van der Waals surface area contributed by atoms with Crippen LogP contribution in [0.4, 0.5) is 0 Å². The number of nitrogens with zero attached hydrogens (tertiary/aromatic N) is 8. The summed E-state index contributed by atoms with van der Waals surface area (Å²) in [4.78, 5) is 37.8. The van der Waals surface area contributed by atoms with E-state index in [1.807, 2.05) is 46.5 Å². The maximum Gasteiger partial charge on any atom is 0.261 e. The predicted octanol–water partition coefficient (Wildman–Crippen LogP) is 6.65. The number of thiophene rings is 2. The number of rotatable bonds is 38. The van der Waals surface area contributed by atoms with Gasteiger partial charge in [0.25, 0.3) is 11.8 Å². The van der Waals surface area contributed by atoms with Crippen molar-refractivity contribution >= 4 is 45.9 Å². The molecule has 4 aromatic heterocycles. The van der Waals surface area contributed by atoms with Gasteiger partial charge in [0.15, 0.2) is 0 Å². The Kier molecular flexibility index (Phi) is 23.6. The van der Waals surface area contributed by atoms with Crippen molar-refractivity contribution in [3.8, 4) is 21.1 Å². The quantitative estimate of drug-likeness (QED) is 0.0453. The summed E-state index contributed by atoms with van der Waals surface area (Å²) in [5.74, 6) is 0.275. The minimum atomic E-state index is -0.130. The zero-order chi connectivity index (χ0) is 49.5. The van der Waals surface area contributed by atoms with Gasteiger partial charge in [-0.15, -0.1) is 32.9 Å². The third-order valence-corrected chi connectivity index (χ3v) is 14.5. The number of unbranched alkanes of at least 4 members (excludes halogenated alkanes) is 2. The van der Waals surface area contributed by atoms with E-state index >= 15 is 9.59 Å². The summed E-state index contributed by atoms with van der Waals surface area (Å²) in [6, 6.07) is 8.05. The highest BCUT2D eigenvalue weighted by Crippen LogP contribution is 2.50. The summed E-state index contributed by atoms with van der Waals surface area (Å²) in [5.41, 5.74) is 3.73. The maximum absolute atomic E-state index is 15.3. The van der Waals surface area contributed by atoms with Crippen molar-refractivity contribution in [2.24, 2.45) is 11.8 Å². The molecular formula is C50H74N8O10S2. The van der Waals surface area contributed by atoms with Gasteiger partial charge in [0, 0.05) is 13.1 Å². The number of amides is 2. The highest BCUT2D eigenvalue weighted by molar-refractivity contribution is 7.17. The number of hydrogen-bond acceptors (Lipinski definition) is 16. The van der Waals surface area contributed by atoms with Crippen LogP contribution in [0.2, 0.25) is 0 Å². The number of fused-ring (bicyclic) bond motifs is 1. The summed E-state index contributed by atoms with van der Waals surface area (Å²) < 4.78 is 36.4. The van der Waals surface area contributed by atoms with Gasteiger partial charge in [-0.1, -0.05) is 76.6 Å². The lowest BCUT2D eigenvalue weighted by molar-refractivity contribution is -0.124. The fourth-order valence-corrected chi connectivity index (χ4v) is 10.4. The van der Waals surface area contributed by atoms with Gasteiger partial charge in [0.05, 0.1) is 160 Å². The molecule has 2 amide bonds. The van der Waals surface area contributed by atoms with Crippen LogP contribution in [0.5, 0.6) is 0 Å². The number of aliphatic hydroxyl groups is 2. The molecule has 0 aromatic carbocycles. The van der Waals surface area contributed by atoms with E-state index in [9.17, 15) is 0 Å². The molecule has 18 nitrogen and oxygen atoms in total. The first-order valence-electron chi connectivity index (χ1n) is 25.2. The van der Waals surface area contributed by atoms with E-state index in [-0.39, 0.29) is 36.9 Å². The van der Waals surface area contributed by atoms with Crippen LogP contribution in [-0.4, -0.2) is 167 Å². The van der Waals surface area contributed by atoms with Gasteiger partial charge in [0.1, 0.15) is 11.4 Å². The monoisotopic (exact) mass is 1010 g/mol. The lowest BCUT2D eigenvalue weighted by Gasteiger charge is -2.29. The largest absolute Gasteiger partial charge is 0.394 e. The number of ether oxygens (including phenoxy) is 6. The summed E-state index contributed by atoms with van der Waals surface area (Å²) in [6.07, 6.45) is 11.9. The van der Waals surface area contributed by atoms with Gasteiger partial charge >= 0.3 is 0 Å². The normalized spacial score (nSPS) is 14.9. The molecule has 0 spiro atoms. The Morgan fingerprint density at radius 1 is 0.514 bits per heavy atom. The summed E-state index contributed by atoms with van der Waals surface area (Å²) >= 11 is 3.04. The number of carbonyl (C=O) groups excluding carboxylic acids is 2. The summed E-state index contributed by atoms with van der Waals surface area (Å²) in [6.45, 7) is 15.7. The molecule has 386 valence electrons. The van der Waals surface area contributed by atoms with E-state index < -0.39 is 0 Å². The second-order valence-electron chi connectivity index (χ2n) is 17.3. The molecule has 6 rings (SSSR count). The van der Waals surface area contributed by atoms with Gasteiger partial charge in [-0.25, -0.2) is 9.36 Å². The minimum absolute atomic E-state index is 0.00779. The molecule has 0 aliphatic carbocycles. The lowest BCUT2D eigenvalue weighted by atomic mass is 9.98. The predicted molar refractivity (Wildman–Crippen MR) is 270 cm³/mol. The fourth-order valence-electron chi connectivity index (χ4n) is 8.38. The van der Waals surface area contributed by atoms with E-state index in [1.54, 1.807) is 9.36 Å². The standard InChI is InChI=1S/C50H74N8O10S2/c1-5-9-11-37(7-3)33-57-47(43-15-13-41(69-43)39-35-55(53-51-39)17-21-63-25-29-67-31-27-65-23-19-59)45-46(49(57)61)48(58(50(45)62)34-38(8-4)12-10-6-2)44-16-14-42(70-44)40-36-56(54-52-40)18-22-64-26-30-68-32-28-66-24-20-60/h13-16,35-38,59-60H,5-12,17-34H2,1-4H3. The smallest absolute Gasteiger partial charge is 0.261 e. The topological polar surface area (TPSA) is 198 Å². The Bertz CT molecular complexity index is 2100. The van der Waals surface area contributed by atoms with Crippen LogP contribution in [0.15, 0.2) is 47.8 Å². The van der Waals surface area contributed by atoms with Crippen LogP contribution in [0.25, 0.3) is 32.5 Å². The molecule has 2 aliphatic rings. The average molecular weight is 1010 g/mol. The van der Waals surface area contributed by atoms with Gasteiger partial charge in [-0.2, -0.15) is 0 Å². The molecule has 2 aliphatic heterocycles. The molecule has 0 saturated carbocycles. The molecule has 0 fully saturated rings. The van der Waals surface area contributed by atoms with Crippen LogP contribution >= 0.6 is 22.7 Å². The van der Waals surface area contributed by atoms with Gasteiger partial charge in [-0.05, 0) is 48.9 Å². The average Bonchev–Trinajstić information content (AvgIpc) is 4.25. The molecule has 4 aromatic rings. The lowest BCUT2D eigenvalue weighted by Crippen LogP contribution is -2.34. The Morgan fingerprint density at radius 3 is 1.23 bits per heavy atom. The molecule has 0 bridgehead atoms. The van der Waals surface area contributed by atoms with Crippen molar-refractivity contribution in [1.82, 2.24) is 39.8 Å². The SMILES string of the molecule is CCCCC(CC)CN1C(=O)C2=C(c3ccc(-c4cn(CCOCCOCCOCCO)nn4)s3)N(CC(CC)CCCC)C(=O)C2=C1c1ccc(-c2cn(CCOCCOCCOCCO)nn2)s1. The first-order chi connectivity index (χ1) is 34.3. The van der Waals surface area contributed by atoms with E-state index in [2.05, 4.69) is 48.3 Å². The molecule has 20 heteroatoms. The molecule has 0 radical (unpaired) electrons. The maximum atomic E-state index is 15.3. The van der Waals surface area contributed by atoms with Gasteiger partial charge in [0.2, 0.25) is 0 Å². The molecule has 0 saturated heterocycles. The fraction of sp³-hybridized carbons (Fsp3) is 0.640. The molecular weight excluding hydrogens is 937 g/mol. The Hall–Kier alpha value is -4.22. The van der Waals surface area contributed by atoms with Crippen LogP contribution in [0, 0.1) is 11.8 Å². The van der Waals surface area contributed by atoms with Crippen molar-refractivity contribution in [3.63, 3.8) is 0 Å². The van der Waals surface area contributed by atoms with Crippen molar-refractivity contribution in [3.05, 3.63) is 57.6 Å². The molecule has 6 heterocycles.